The third-order valence-electron chi connectivity index (χ3n) is 6.35. The summed E-state index contributed by atoms with van der Waals surface area (Å²) in [6.07, 6.45) is 0.724. The Morgan fingerprint density at radius 1 is 1.06 bits per heavy atom. The van der Waals surface area contributed by atoms with Crippen LogP contribution >= 0.6 is 0 Å². The number of methoxy groups -OCH3 is 1. The highest BCUT2D eigenvalue weighted by Crippen LogP contribution is 2.37. The van der Waals surface area contributed by atoms with Gasteiger partial charge in [0.25, 0.3) is 5.91 Å². The van der Waals surface area contributed by atoms with Crippen molar-refractivity contribution in [3.8, 4) is 5.75 Å². The SMILES string of the molecule is CNC(=O)[C@H](C)N(Cc1ccc(OC)cc1)C(=O)CCCN1C(=O)c2cccc3cccc1c23. The second-order valence-electron chi connectivity index (χ2n) is 8.40. The van der Waals surface area contributed by atoms with E-state index in [-0.39, 0.29) is 24.1 Å². The number of anilines is 1. The molecule has 1 atom stereocenters. The highest BCUT2D eigenvalue weighted by molar-refractivity contribution is 6.25. The van der Waals surface area contributed by atoms with Crippen LogP contribution in [0.15, 0.2) is 60.7 Å². The number of ether oxygens (including phenoxy) is 1. The number of carbonyl (C=O) groups is 3. The van der Waals surface area contributed by atoms with Crippen LogP contribution in [0.5, 0.6) is 5.75 Å². The van der Waals surface area contributed by atoms with E-state index in [4.69, 9.17) is 4.74 Å². The van der Waals surface area contributed by atoms with Crippen LogP contribution in [0.3, 0.4) is 0 Å². The van der Waals surface area contributed by atoms with E-state index < -0.39 is 6.04 Å². The summed E-state index contributed by atoms with van der Waals surface area (Å²) in [5, 5.41) is 4.63. The number of amides is 3. The van der Waals surface area contributed by atoms with E-state index >= 15 is 0 Å². The first-order valence-corrected chi connectivity index (χ1v) is 11.4. The summed E-state index contributed by atoms with van der Waals surface area (Å²) in [4.78, 5) is 41.9. The van der Waals surface area contributed by atoms with E-state index in [1.54, 1.807) is 30.9 Å². The van der Waals surface area contributed by atoms with Crippen molar-refractivity contribution in [1.82, 2.24) is 10.2 Å². The highest BCUT2D eigenvalue weighted by atomic mass is 16.5. The molecule has 34 heavy (non-hydrogen) atoms. The molecule has 1 heterocycles. The zero-order valence-corrected chi connectivity index (χ0v) is 19.7. The Morgan fingerprint density at radius 3 is 2.44 bits per heavy atom. The van der Waals surface area contributed by atoms with E-state index in [1.165, 1.54) is 0 Å². The summed E-state index contributed by atoms with van der Waals surface area (Å²) >= 11 is 0. The molecule has 3 aromatic rings. The van der Waals surface area contributed by atoms with Gasteiger partial charge in [-0.15, -0.1) is 0 Å². The van der Waals surface area contributed by atoms with Gasteiger partial charge in [-0.2, -0.15) is 0 Å². The number of hydrogen-bond acceptors (Lipinski definition) is 4. The van der Waals surface area contributed by atoms with E-state index in [0.717, 1.165) is 27.8 Å². The monoisotopic (exact) mass is 459 g/mol. The number of nitrogens with one attached hydrogen (secondary N) is 1. The first kappa shape index (κ1) is 23.3. The number of likely N-dealkylation sites (N-methyl/N-ethyl adjacent to an activating group) is 1. The molecule has 0 aliphatic carbocycles. The van der Waals surface area contributed by atoms with Crippen LogP contribution in [0.1, 0.15) is 35.7 Å². The van der Waals surface area contributed by atoms with Crippen LogP contribution in [0.25, 0.3) is 10.8 Å². The normalized spacial score (nSPS) is 13.1. The summed E-state index contributed by atoms with van der Waals surface area (Å²) < 4.78 is 5.20. The lowest BCUT2D eigenvalue weighted by atomic mass is 10.1. The molecule has 0 saturated carbocycles. The first-order valence-electron chi connectivity index (χ1n) is 11.4. The predicted octanol–water partition coefficient (Wildman–Crippen LogP) is 3.75. The summed E-state index contributed by atoms with van der Waals surface area (Å²) in [5.41, 5.74) is 2.50. The number of rotatable bonds is 9. The van der Waals surface area contributed by atoms with Crippen LogP contribution < -0.4 is 15.0 Å². The van der Waals surface area contributed by atoms with Gasteiger partial charge in [0.05, 0.1) is 12.8 Å². The minimum absolute atomic E-state index is 0.0342. The van der Waals surface area contributed by atoms with Gasteiger partial charge in [0.2, 0.25) is 11.8 Å². The Morgan fingerprint density at radius 2 is 1.76 bits per heavy atom. The molecular formula is C27H29N3O4. The molecule has 3 amide bonds. The summed E-state index contributed by atoms with van der Waals surface area (Å²) in [6.45, 7) is 2.47. The molecule has 1 N–H and O–H groups in total. The Hall–Kier alpha value is -3.87. The molecule has 0 unspecified atom stereocenters. The molecule has 3 aromatic carbocycles. The standard InChI is InChI=1S/C27H29N3O4/c1-18(26(32)28-2)30(17-19-12-14-21(34-3)15-13-19)24(31)11-6-16-29-23-10-5-8-20-7-4-9-22(25(20)23)27(29)33/h4-5,7-10,12-15,18H,6,11,16-17H2,1-3H3,(H,28,32)/t18-/m0/s1. The van der Waals surface area contributed by atoms with Crippen LogP contribution in [0.2, 0.25) is 0 Å². The van der Waals surface area contributed by atoms with E-state index in [2.05, 4.69) is 5.32 Å². The maximum absolute atomic E-state index is 13.2. The average molecular weight is 460 g/mol. The van der Waals surface area contributed by atoms with Gasteiger partial charge in [0, 0.05) is 37.5 Å². The molecule has 1 aliphatic rings. The second-order valence-corrected chi connectivity index (χ2v) is 8.40. The van der Waals surface area contributed by atoms with Gasteiger partial charge in [-0.3, -0.25) is 14.4 Å². The third-order valence-corrected chi connectivity index (χ3v) is 6.35. The third kappa shape index (κ3) is 4.46. The zero-order chi connectivity index (χ0) is 24.2. The van der Waals surface area contributed by atoms with Crippen molar-refractivity contribution in [2.75, 3.05) is 25.6 Å². The molecule has 0 saturated heterocycles. The van der Waals surface area contributed by atoms with Crippen molar-refractivity contribution in [3.63, 3.8) is 0 Å². The predicted molar refractivity (Wildman–Crippen MR) is 132 cm³/mol. The van der Waals surface area contributed by atoms with Gasteiger partial charge in [0.15, 0.2) is 0 Å². The maximum atomic E-state index is 13.2. The molecule has 1 aliphatic heterocycles. The van der Waals surface area contributed by atoms with Gasteiger partial charge in [-0.1, -0.05) is 36.4 Å². The Balaban J connectivity index is 1.45. The molecule has 176 valence electrons. The van der Waals surface area contributed by atoms with Crippen molar-refractivity contribution >= 4 is 34.2 Å². The van der Waals surface area contributed by atoms with E-state index in [9.17, 15) is 14.4 Å². The zero-order valence-electron chi connectivity index (χ0n) is 19.7. The highest BCUT2D eigenvalue weighted by Gasteiger charge is 2.30. The molecule has 0 fully saturated rings. The van der Waals surface area contributed by atoms with Gasteiger partial charge in [0.1, 0.15) is 11.8 Å². The molecule has 0 aromatic heterocycles. The summed E-state index contributed by atoms with van der Waals surface area (Å²) in [7, 11) is 3.16. The van der Waals surface area contributed by atoms with Crippen molar-refractivity contribution < 1.29 is 19.1 Å². The van der Waals surface area contributed by atoms with Crippen LogP contribution in [-0.2, 0) is 16.1 Å². The molecule has 0 bridgehead atoms. The Bertz CT molecular complexity index is 1220. The van der Waals surface area contributed by atoms with E-state index in [0.29, 0.717) is 25.1 Å². The lowest BCUT2D eigenvalue weighted by Crippen LogP contribution is -2.46. The molecule has 7 nitrogen and oxygen atoms in total. The average Bonchev–Trinajstić information content (AvgIpc) is 3.14. The van der Waals surface area contributed by atoms with Crippen molar-refractivity contribution in [1.29, 1.82) is 0 Å². The van der Waals surface area contributed by atoms with Crippen molar-refractivity contribution in [2.45, 2.75) is 32.4 Å². The smallest absolute Gasteiger partial charge is 0.258 e. The molecular weight excluding hydrogens is 430 g/mol. The molecule has 7 heteroatoms. The largest absolute Gasteiger partial charge is 0.497 e. The first-order chi connectivity index (χ1) is 16.4. The fourth-order valence-corrected chi connectivity index (χ4v) is 4.45. The quantitative estimate of drug-likeness (QED) is 0.529. The number of nitrogens with zero attached hydrogens (tertiary/aromatic N) is 2. The minimum Gasteiger partial charge on any atom is -0.497 e. The maximum Gasteiger partial charge on any atom is 0.258 e. The van der Waals surface area contributed by atoms with Crippen LogP contribution in [0.4, 0.5) is 5.69 Å². The number of benzene rings is 3. The molecule has 4 rings (SSSR count). The second kappa shape index (κ2) is 9.95. The van der Waals surface area contributed by atoms with Crippen LogP contribution in [0, 0.1) is 0 Å². The summed E-state index contributed by atoms with van der Waals surface area (Å²) in [6, 6.07) is 18.4. The van der Waals surface area contributed by atoms with Crippen molar-refractivity contribution in [3.05, 3.63) is 71.8 Å². The Labute approximate surface area is 199 Å². The fourth-order valence-electron chi connectivity index (χ4n) is 4.45. The topological polar surface area (TPSA) is 79.0 Å². The lowest BCUT2D eigenvalue weighted by molar-refractivity contribution is -0.140. The minimum atomic E-state index is -0.619. The number of hydrogen-bond donors (Lipinski definition) is 1. The Kier molecular flexibility index (Phi) is 6.82. The van der Waals surface area contributed by atoms with Gasteiger partial charge in [-0.25, -0.2) is 0 Å². The van der Waals surface area contributed by atoms with Gasteiger partial charge in [-0.05, 0) is 48.6 Å². The van der Waals surface area contributed by atoms with Gasteiger partial charge >= 0.3 is 0 Å². The van der Waals surface area contributed by atoms with Crippen molar-refractivity contribution in [2.24, 2.45) is 0 Å². The number of carbonyl (C=O) groups excluding carboxylic acids is 3. The van der Waals surface area contributed by atoms with Crippen LogP contribution in [-0.4, -0.2) is 49.4 Å². The molecule has 0 spiro atoms. The fraction of sp³-hybridized carbons (Fsp3) is 0.296. The molecule has 0 radical (unpaired) electrons. The van der Waals surface area contributed by atoms with Gasteiger partial charge < -0.3 is 19.9 Å². The van der Waals surface area contributed by atoms with E-state index in [1.807, 2.05) is 60.7 Å². The summed E-state index contributed by atoms with van der Waals surface area (Å²) in [5.74, 6) is 0.341. The lowest BCUT2D eigenvalue weighted by Gasteiger charge is -2.29.